The minimum Gasteiger partial charge on any atom is -0.316 e. The summed E-state index contributed by atoms with van der Waals surface area (Å²) < 4.78 is 26.0. The Kier molecular flexibility index (Phi) is 3.74. The first kappa shape index (κ1) is 12.5. The number of piperidine rings is 1. The molecule has 92 valence electrons. The van der Waals surface area contributed by atoms with Gasteiger partial charge in [-0.1, -0.05) is 11.6 Å². The molecule has 1 aliphatic heterocycles. The zero-order valence-electron chi connectivity index (χ0n) is 9.10. The molecule has 1 aromatic rings. The summed E-state index contributed by atoms with van der Waals surface area (Å²) in [6.07, 6.45) is 1.65. The average molecular weight is 260 g/mol. The van der Waals surface area contributed by atoms with E-state index >= 15 is 0 Å². The molecule has 1 unspecified atom stereocenters. The molecule has 1 aromatic carbocycles. The minimum atomic E-state index is -1.04. The van der Waals surface area contributed by atoms with Crippen LogP contribution >= 0.6 is 11.6 Å². The van der Waals surface area contributed by atoms with E-state index in [1.165, 1.54) is 0 Å². The highest BCUT2D eigenvalue weighted by atomic mass is 35.5. The zero-order chi connectivity index (χ0) is 12.4. The molecule has 17 heavy (non-hydrogen) atoms. The smallest absolute Gasteiger partial charge is 0.168 e. The molecule has 1 atom stereocenters. The molecule has 5 heteroatoms. The van der Waals surface area contributed by atoms with Crippen LogP contribution in [-0.2, 0) is 0 Å². The fourth-order valence-corrected chi connectivity index (χ4v) is 2.25. The molecular weight excluding hydrogens is 248 g/mol. The molecule has 0 spiro atoms. The van der Waals surface area contributed by atoms with Crippen LogP contribution in [0, 0.1) is 17.6 Å². The van der Waals surface area contributed by atoms with Gasteiger partial charge in [-0.05, 0) is 31.5 Å². The number of nitrogens with one attached hydrogen (secondary N) is 1. The first-order valence-corrected chi connectivity index (χ1v) is 5.87. The SMILES string of the molecule is O=C(c1cc(F)c(F)cc1Cl)C1CCCNC1. The fourth-order valence-electron chi connectivity index (χ4n) is 2.01. The summed E-state index contributed by atoms with van der Waals surface area (Å²) in [6.45, 7) is 1.45. The number of carbonyl (C=O) groups is 1. The van der Waals surface area contributed by atoms with Gasteiger partial charge in [-0.3, -0.25) is 4.79 Å². The third-order valence-corrected chi connectivity index (χ3v) is 3.26. The molecule has 1 heterocycles. The maximum atomic E-state index is 13.1. The Balaban J connectivity index is 2.26. The Bertz CT molecular complexity index is 444. The molecule has 0 amide bonds. The van der Waals surface area contributed by atoms with Crippen molar-refractivity contribution in [2.45, 2.75) is 12.8 Å². The highest BCUT2D eigenvalue weighted by Gasteiger charge is 2.25. The molecule has 1 N–H and O–H groups in total. The summed E-state index contributed by atoms with van der Waals surface area (Å²) in [7, 11) is 0. The Labute approximate surface area is 103 Å². The number of halogens is 3. The van der Waals surface area contributed by atoms with Crippen LogP contribution < -0.4 is 5.32 Å². The van der Waals surface area contributed by atoms with E-state index in [9.17, 15) is 13.6 Å². The number of benzene rings is 1. The first-order valence-electron chi connectivity index (χ1n) is 5.49. The van der Waals surface area contributed by atoms with Crippen LogP contribution in [0.15, 0.2) is 12.1 Å². The first-order chi connectivity index (χ1) is 8.09. The number of rotatable bonds is 2. The second kappa shape index (κ2) is 5.10. The predicted octanol–water partition coefficient (Wildman–Crippen LogP) is 2.80. The van der Waals surface area contributed by atoms with Crippen LogP contribution in [0.2, 0.25) is 5.02 Å². The van der Waals surface area contributed by atoms with E-state index < -0.39 is 11.6 Å². The van der Waals surface area contributed by atoms with Crippen molar-refractivity contribution < 1.29 is 13.6 Å². The average Bonchev–Trinajstić information content (AvgIpc) is 2.34. The lowest BCUT2D eigenvalue weighted by molar-refractivity contribution is 0.0899. The van der Waals surface area contributed by atoms with Gasteiger partial charge in [0.05, 0.1) is 5.02 Å². The Hall–Kier alpha value is -1.00. The summed E-state index contributed by atoms with van der Waals surface area (Å²) >= 11 is 5.77. The molecule has 0 bridgehead atoms. The number of Topliss-reactive ketones (excluding diaryl/α,β-unsaturated/α-hetero) is 1. The van der Waals surface area contributed by atoms with Crippen molar-refractivity contribution in [3.05, 3.63) is 34.4 Å². The van der Waals surface area contributed by atoms with Gasteiger partial charge < -0.3 is 5.32 Å². The van der Waals surface area contributed by atoms with Crippen molar-refractivity contribution in [3.8, 4) is 0 Å². The van der Waals surface area contributed by atoms with Crippen molar-refractivity contribution in [2.24, 2.45) is 5.92 Å². The van der Waals surface area contributed by atoms with Gasteiger partial charge in [0, 0.05) is 18.0 Å². The van der Waals surface area contributed by atoms with Crippen molar-refractivity contribution in [1.82, 2.24) is 5.32 Å². The summed E-state index contributed by atoms with van der Waals surface area (Å²) in [5.41, 5.74) is 0.0688. The molecule has 1 saturated heterocycles. The maximum absolute atomic E-state index is 13.1. The van der Waals surface area contributed by atoms with Crippen LogP contribution in [0.1, 0.15) is 23.2 Å². The topological polar surface area (TPSA) is 29.1 Å². The van der Waals surface area contributed by atoms with Crippen LogP contribution in [0.4, 0.5) is 8.78 Å². The van der Waals surface area contributed by atoms with Crippen LogP contribution in [-0.4, -0.2) is 18.9 Å². The van der Waals surface area contributed by atoms with Crippen molar-refractivity contribution in [3.63, 3.8) is 0 Å². The summed E-state index contributed by atoms with van der Waals surface area (Å²) in [5.74, 6) is -2.50. The number of hydrogen-bond donors (Lipinski definition) is 1. The van der Waals surface area contributed by atoms with E-state index in [4.69, 9.17) is 11.6 Å². The molecule has 2 rings (SSSR count). The molecule has 2 nitrogen and oxygen atoms in total. The van der Waals surface area contributed by atoms with Gasteiger partial charge in [0.25, 0.3) is 0 Å². The quantitative estimate of drug-likeness (QED) is 0.654. The van der Waals surface area contributed by atoms with Crippen LogP contribution in [0.5, 0.6) is 0 Å². The Morgan fingerprint density at radius 2 is 2.06 bits per heavy atom. The maximum Gasteiger partial charge on any atom is 0.168 e. The van der Waals surface area contributed by atoms with E-state index in [2.05, 4.69) is 5.32 Å². The van der Waals surface area contributed by atoms with E-state index in [1.807, 2.05) is 0 Å². The van der Waals surface area contributed by atoms with Crippen molar-refractivity contribution in [1.29, 1.82) is 0 Å². The van der Waals surface area contributed by atoms with Crippen LogP contribution in [0.25, 0.3) is 0 Å². The molecule has 0 aliphatic carbocycles. The third kappa shape index (κ3) is 2.64. The Morgan fingerprint density at radius 1 is 1.35 bits per heavy atom. The van der Waals surface area contributed by atoms with Gasteiger partial charge >= 0.3 is 0 Å². The van der Waals surface area contributed by atoms with E-state index in [-0.39, 0.29) is 22.3 Å². The van der Waals surface area contributed by atoms with Crippen molar-refractivity contribution in [2.75, 3.05) is 13.1 Å². The molecule has 0 radical (unpaired) electrons. The summed E-state index contributed by atoms with van der Waals surface area (Å²) in [4.78, 5) is 12.1. The molecule has 1 fully saturated rings. The van der Waals surface area contributed by atoms with Crippen LogP contribution in [0.3, 0.4) is 0 Å². The van der Waals surface area contributed by atoms with E-state index in [0.717, 1.165) is 31.5 Å². The largest absolute Gasteiger partial charge is 0.316 e. The minimum absolute atomic E-state index is 0.0283. The van der Waals surface area contributed by atoms with E-state index in [1.54, 1.807) is 0 Å². The zero-order valence-corrected chi connectivity index (χ0v) is 9.86. The standard InChI is InChI=1S/C12H12ClF2NO/c13-9-5-11(15)10(14)4-8(9)12(17)7-2-1-3-16-6-7/h4-5,7,16H,1-3,6H2. The van der Waals surface area contributed by atoms with Gasteiger partial charge in [-0.2, -0.15) is 0 Å². The predicted molar refractivity (Wildman–Crippen MR) is 61.3 cm³/mol. The summed E-state index contributed by atoms with van der Waals surface area (Å²) in [5, 5.41) is 3.07. The van der Waals surface area contributed by atoms with Gasteiger partial charge in [0.15, 0.2) is 17.4 Å². The van der Waals surface area contributed by atoms with Gasteiger partial charge in [0.1, 0.15) is 0 Å². The monoisotopic (exact) mass is 259 g/mol. The second-order valence-corrected chi connectivity index (χ2v) is 4.56. The highest BCUT2D eigenvalue weighted by molar-refractivity contribution is 6.34. The number of carbonyl (C=O) groups excluding carboxylic acids is 1. The lowest BCUT2D eigenvalue weighted by atomic mass is 9.91. The van der Waals surface area contributed by atoms with E-state index in [0.29, 0.717) is 6.54 Å². The second-order valence-electron chi connectivity index (χ2n) is 4.15. The molecular formula is C12H12ClF2NO. The molecule has 1 aliphatic rings. The summed E-state index contributed by atoms with van der Waals surface area (Å²) in [6, 6.07) is 1.73. The number of ketones is 1. The molecule has 0 saturated carbocycles. The van der Waals surface area contributed by atoms with Gasteiger partial charge in [0.2, 0.25) is 0 Å². The highest BCUT2D eigenvalue weighted by Crippen LogP contribution is 2.25. The fraction of sp³-hybridized carbons (Fsp3) is 0.417. The normalized spacial score (nSPS) is 20.3. The van der Waals surface area contributed by atoms with Crippen molar-refractivity contribution >= 4 is 17.4 Å². The lowest BCUT2D eigenvalue weighted by Crippen LogP contribution is -2.34. The van der Waals surface area contributed by atoms with Gasteiger partial charge in [-0.25, -0.2) is 8.78 Å². The Morgan fingerprint density at radius 3 is 2.71 bits per heavy atom. The third-order valence-electron chi connectivity index (χ3n) is 2.94. The van der Waals surface area contributed by atoms with Gasteiger partial charge in [-0.15, -0.1) is 0 Å². The lowest BCUT2D eigenvalue weighted by Gasteiger charge is -2.21. The molecule has 0 aromatic heterocycles. The number of hydrogen-bond acceptors (Lipinski definition) is 2.